The third kappa shape index (κ3) is 2.92. The molecule has 0 N–H and O–H groups in total. The van der Waals surface area contributed by atoms with Crippen LogP contribution in [0.4, 0.5) is 0 Å². The lowest BCUT2D eigenvalue weighted by Crippen LogP contribution is -1.92. The van der Waals surface area contributed by atoms with E-state index in [0.29, 0.717) is 5.92 Å². The minimum absolute atomic E-state index is 0.670. The molecular formula is C13H14BrNS. The highest BCUT2D eigenvalue weighted by Crippen LogP contribution is 2.24. The SMILES string of the molecule is CC(C)Cc1nc(-c2ccc(Br)cc2)cs1. The van der Waals surface area contributed by atoms with E-state index >= 15 is 0 Å². The van der Waals surface area contributed by atoms with Crippen LogP contribution in [0.2, 0.25) is 0 Å². The van der Waals surface area contributed by atoms with Crippen molar-refractivity contribution >= 4 is 27.3 Å². The number of rotatable bonds is 3. The number of hydrogen-bond acceptors (Lipinski definition) is 2. The predicted molar refractivity (Wildman–Crippen MR) is 73.8 cm³/mol. The monoisotopic (exact) mass is 295 g/mol. The largest absolute Gasteiger partial charge is 0.241 e. The molecule has 0 spiro atoms. The second-order valence-corrected chi connectivity index (χ2v) is 6.09. The lowest BCUT2D eigenvalue weighted by atomic mass is 10.1. The number of nitrogens with zero attached hydrogens (tertiary/aromatic N) is 1. The van der Waals surface area contributed by atoms with Crippen molar-refractivity contribution in [3.8, 4) is 11.3 Å². The van der Waals surface area contributed by atoms with Gasteiger partial charge in [0.25, 0.3) is 0 Å². The topological polar surface area (TPSA) is 12.9 Å². The molecule has 84 valence electrons. The van der Waals surface area contributed by atoms with Gasteiger partial charge in [-0.05, 0) is 18.1 Å². The summed E-state index contributed by atoms with van der Waals surface area (Å²) in [6, 6.07) is 8.30. The molecule has 1 nitrogen and oxygen atoms in total. The number of hydrogen-bond donors (Lipinski definition) is 0. The Bertz CT molecular complexity index is 459. The summed E-state index contributed by atoms with van der Waals surface area (Å²) < 4.78 is 1.11. The van der Waals surface area contributed by atoms with Crippen LogP contribution in [0.15, 0.2) is 34.1 Å². The third-order valence-electron chi connectivity index (χ3n) is 2.27. The maximum absolute atomic E-state index is 4.65. The zero-order chi connectivity index (χ0) is 11.5. The maximum Gasteiger partial charge on any atom is 0.0935 e. The van der Waals surface area contributed by atoms with Crippen LogP contribution in [0.3, 0.4) is 0 Å². The highest BCUT2D eigenvalue weighted by Gasteiger charge is 2.05. The molecular weight excluding hydrogens is 282 g/mol. The zero-order valence-electron chi connectivity index (χ0n) is 9.40. The van der Waals surface area contributed by atoms with Crippen molar-refractivity contribution in [2.24, 2.45) is 5.92 Å². The Balaban J connectivity index is 2.21. The Hall–Kier alpha value is -0.670. The summed E-state index contributed by atoms with van der Waals surface area (Å²) in [5.41, 5.74) is 2.28. The van der Waals surface area contributed by atoms with Gasteiger partial charge in [-0.25, -0.2) is 4.98 Å². The molecule has 0 aliphatic carbocycles. The predicted octanol–water partition coefficient (Wildman–Crippen LogP) is 4.77. The van der Waals surface area contributed by atoms with E-state index in [-0.39, 0.29) is 0 Å². The standard InChI is InChI=1S/C13H14BrNS/c1-9(2)7-13-15-12(8-16-13)10-3-5-11(14)6-4-10/h3-6,8-9H,7H2,1-2H3. The van der Waals surface area contributed by atoms with Gasteiger partial charge in [-0.15, -0.1) is 11.3 Å². The van der Waals surface area contributed by atoms with E-state index in [1.54, 1.807) is 11.3 Å². The van der Waals surface area contributed by atoms with Crippen LogP contribution in [-0.4, -0.2) is 4.98 Å². The minimum Gasteiger partial charge on any atom is -0.241 e. The van der Waals surface area contributed by atoms with Crippen LogP contribution >= 0.6 is 27.3 Å². The molecule has 0 bridgehead atoms. The van der Waals surface area contributed by atoms with Crippen molar-refractivity contribution in [3.63, 3.8) is 0 Å². The fourth-order valence-corrected chi connectivity index (χ4v) is 2.79. The molecule has 0 saturated carbocycles. The van der Waals surface area contributed by atoms with Gasteiger partial charge in [0, 0.05) is 21.8 Å². The molecule has 0 aliphatic heterocycles. The van der Waals surface area contributed by atoms with E-state index in [4.69, 9.17) is 0 Å². The molecule has 0 saturated heterocycles. The van der Waals surface area contributed by atoms with Gasteiger partial charge in [-0.3, -0.25) is 0 Å². The highest BCUT2D eigenvalue weighted by molar-refractivity contribution is 9.10. The summed E-state index contributed by atoms with van der Waals surface area (Å²) >= 11 is 5.19. The van der Waals surface area contributed by atoms with E-state index in [2.05, 4.69) is 64.4 Å². The molecule has 0 fully saturated rings. The quantitative estimate of drug-likeness (QED) is 0.795. The van der Waals surface area contributed by atoms with E-state index in [0.717, 1.165) is 16.6 Å². The van der Waals surface area contributed by atoms with Gasteiger partial charge in [0.15, 0.2) is 0 Å². The molecule has 0 unspecified atom stereocenters. The molecule has 2 rings (SSSR count). The van der Waals surface area contributed by atoms with Crippen LogP contribution in [0, 0.1) is 5.92 Å². The molecule has 0 amide bonds. The highest BCUT2D eigenvalue weighted by atomic mass is 79.9. The summed E-state index contributed by atoms with van der Waals surface area (Å²) in [6.45, 7) is 4.45. The van der Waals surface area contributed by atoms with Gasteiger partial charge in [-0.1, -0.05) is 41.9 Å². The van der Waals surface area contributed by atoms with Gasteiger partial charge in [0.1, 0.15) is 0 Å². The lowest BCUT2D eigenvalue weighted by Gasteiger charge is -1.99. The first kappa shape index (κ1) is 11.8. The number of halogens is 1. The Kier molecular flexibility index (Phi) is 3.77. The Morgan fingerprint density at radius 1 is 1.25 bits per heavy atom. The Morgan fingerprint density at radius 2 is 1.94 bits per heavy atom. The molecule has 1 aromatic carbocycles. The Morgan fingerprint density at radius 3 is 2.56 bits per heavy atom. The molecule has 0 aliphatic rings. The first-order valence-corrected chi connectivity index (χ1v) is 7.03. The number of aromatic nitrogens is 1. The molecule has 3 heteroatoms. The average molecular weight is 296 g/mol. The average Bonchev–Trinajstić information content (AvgIpc) is 2.66. The zero-order valence-corrected chi connectivity index (χ0v) is 11.8. The van der Waals surface area contributed by atoms with E-state index in [1.807, 2.05) is 0 Å². The summed E-state index contributed by atoms with van der Waals surface area (Å²) in [6.07, 6.45) is 1.07. The van der Waals surface area contributed by atoms with E-state index < -0.39 is 0 Å². The van der Waals surface area contributed by atoms with Crippen LogP contribution in [0.25, 0.3) is 11.3 Å². The maximum atomic E-state index is 4.65. The molecule has 0 atom stereocenters. The minimum atomic E-state index is 0.670. The normalized spacial score (nSPS) is 11.0. The van der Waals surface area contributed by atoms with Crippen molar-refractivity contribution in [1.82, 2.24) is 4.98 Å². The van der Waals surface area contributed by atoms with Gasteiger partial charge in [0.05, 0.1) is 10.7 Å². The van der Waals surface area contributed by atoms with Crippen molar-refractivity contribution < 1.29 is 0 Å². The van der Waals surface area contributed by atoms with Crippen LogP contribution in [0.1, 0.15) is 18.9 Å². The van der Waals surface area contributed by atoms with Crippen molar-refractivity contribution in [2.45, 2.75) is 20.3 Å². The van der Waals surface area contributed by atoms with Crippen LogP contribution in [0.5, 0.6) is 0 Å². The molecule has 1 heterocycles. The third-order valence-corrected chi connectivity index (χ3v) is 3.67. The van der Waals surface area contributed by atoms with Gasteiger partial charge < -0.3 is 0 Å². The Labute approximate surface area is 109 Å². The smallest absolute Gasteiger partial charge is 0.0935 e. The fourth-order valence-electron chi connectivity index (χ4n) is 1.51. The van der Waals surface area contributed by atoms with Gasteiger partial charge >= 0.3 is 0 Å². The fraction of sp³-hybridized carbons (Fsp3) is 0.308. The van der Waals surface area contributed by atoms with Crippen LogP contribution < -0.4 is 0 Å². The number of benzene rings is 1. The number of thiazole rings is 1. The molecule has 2 aromatic rings. The summed E-state index contributed by atoms with van der Waals surface area (Å²) in [7, 11) is 0. The molecule has 1 aromatic heterocycles. The first-order valence-electron chi connectivity index (χ1n) is 5.35. The van der Waals surface area contributed by atoms with Crippen LogP contribution in [-0.2, 0) is 6.42 Å². The van der Waals surface area contributed by atoms with Crippen molar-refractivity contribution in [3.05, 3.63) is 39.1 Å². The van der Waals surface area contributed by atoms with Gasteiger partial charge in [0.2, 0.25) is 0 Å². The lowest BCUT2D eigenvalue weighted by molar-refractivity contribution is 0.645. The van der Waals surface area contributed by atoms with E-state index in [1.165, 1.54) is 10.6 Å². The molecule has 0 radical (unpaired) electrons. The second-order valence-electron chi connectivity index (χ2n) is 4.23. The molecule has 16 heavy (non-hydrogen) atoms. The second kappa shape index (κ2) is 5.11. The summed E-state index contributed by atoms with van der Waals surface area (Å²) in [5, 5.41) is 3.37. The van der Waals surface area contributed by atoms with Crippen molar-refractivity contribution in [1.29, 1.82) is 0 Å². The summed E-state index contributed by atoms with van der Waals surface area (Å²) in [5.74, 6) is 0.670. The van der Waals surface area contributed by atoms with E-state index in [9.17, 15) is 0 Å². The van der Waals surface area contributed by atoms with Crippen molar-refractivity contribution in [2.75, 3.05) is 0 Å². The first-order chi connectivity index (χ1) is 7.65. The summed E-state index contributed by atoms with van der Waals surface area (Å²) in [4.78, 5) is 4.65. The van der Waals surface area contributed by atoms with Gasteiger partial charge in [-0.2, -0.15) is 0 Å².